The van der Waals surface area contributed by atoms with Gasteiger partial charge in [0, 0.05) is 6.42 Å². The van der Waals surface area contributed by atoms with E-state index in [1.807, 2.05) is 33.8 Å². The number of nitrogens with one attached hydrogen (secondary N) is 3. The summed E-state index contributed by atoms with van der Waals surface area (Å²) in [5.74, 6) is -4.06. The highest BCUT2D eigenvalue weighted by atomic mass is 16.4. The molecule has 11 nitrogen and oxygen atoms in total. The van der Waals surface area contributed by atoms with Gasteiger partial charge in [-0.2, -0.15) is 0 Å². The normalized spacial score (nSPS) is 14.4. The summed E-state index contributed by atoms with van der Waals surface area (Å²) in [6.07, 6.45) is 0.186. The molecule has 0 fully saturated rings. The number of carbonyl (C=O) groups is 5. The van der Waals surface area contributed by atoms with Crippen LogP contribution >= 0.6 is 0 Å². The zero-order chi connectivity index (χ0) is 27.4. The van der Waals surface area contributed by atoms with Gasteiger partial charge in [-0.15, -0.1) is 0 Å². The standard InChI is InChI=1S/C25H39N5O6/c1-14(2)10-17(26)22(32)28-19(12-16-8-6-5-7-9-16)24(34)29-18(11-15(3)4)23(33)30-20(25(35)36)13-21(27)31/h5-9,14-15,17-20H,10-13,26H2,1-4H3,(H2,27,31)(H,28,32)(H,29,34)(H,30,33)(H,35,36). The molecule has 4 atom stereocenters. The molecule has 0 spiro atoms. The maximum Gasteiger partial charge on any atom is 0.326 e. The van der Waals surface area contributed by atoms with E-state index in [-0.39, 0.29) is 24.7 Å². The molecular weight excluding hydrogens is 466 g/mol. The van der Waals surface area contributed by atoms with Crippen LogP contribution in [0.15, 0.2) is 30.3 Å². The van der Waals surface area contributed by atoms with Gasteiger partial charge in [0.2, 0.25) is 23.6 Å². The molecule has 0 aliphatic heterocycles. The number of hydrogen-bond donors (Lipinski definition) is 6. The SMILES string of the molecule is CC(C)CC(N)C(=O)NC(Cc1ccccc1)C(=O)NC(CC(C)C)C(=O)NC(CC(N)=O)C(=O)O. The Labute approximate surface area is 211 Å². The largest absolute Gasteiger partial charge is 0.480 e. The maximum atomic E-state index is 13.3. The first kappa shape index (κ1) is 30.6. The van der Waals surface area contributed by atoms with Gasteiger partial charge in [0.25, 0.3) is 0 Å². The van der Waals surface area contributed by atoms with Gasteiger partial charge < -0.3 is 32.5 Å². The molecule has 0 heterocycles. The third kappa shape index (κ3) is 11.3. The number of aliphatic carboxylic acids is 1. The Hall–Kier alpha value is -3.47. The number of carboxylic acids is 1. The summed E-state index contributed by atoms with van der Waals surface area (Å²) in [5.41, 5.74) is 11.9. The molecule has 4 amide bonds. The molecule has 0 saturated carbocycles. The highest BCUT2D eigenvalue weighted by Crippen LogP contribution is 2.10. The van der Waals surface area contributed by atoms with Crippen molar-refractivity contribution in [2.24, 2.45) is 23.3 Å². The van der Waals surface area contributed by atoms with E-state index >= 15 is 0 Å². The summed E-state index contributed by atoms with van der Waals surface area (Å²) in [4.78, 5) is 61.5. The fourth-order valence-electron chi connectivity index (χ4n) is 3.60. The predicted octanol–water partition coefficient (Wildman–Crippen LogP) is 0.0630. The molecular formula is C25H39N5O6. The highest BCUT2D eigenvalue weighted by Gasteiger charge is 2.31. The summed E-state index contributed by atoms with van der Waals surface area (Å²) >= 11 is 0. The van der Waals surface area contributed by atoms with Crippen molar-refractivity contribution in [3.8, 4) is 0 Å². The molecule has 8 N–H and O–H groups in total. The fraction of sp³-hybridized carbons (Fsp3) is 0.560. The zero-order valence-corrected chi connectivity index (χ0v) is 21.3. The number of carboxylic acid groups (broad SMARTS) is 1. The number of hydrogen-bond acceptors (Lipinski definition) is 6. The van der Waals surface area contributed by atoms with Crippen LogP contribution in [0.1, 0.15) is 52.5 Å². The van der Waals surface area contributed by atoms with E-state index in [9.17, 15) is 29.1 Å². The Balaban J connectivity index is 3.11. The minimum atomic E-state index is -1.53. The van der Waals surface area contributed by atoms with Crippen molar-refractivity contribution in [2.75, 3.05) is 0 Å². The molecule has 200 valence electrons. The monoisotopic (exact) mass is 505 g/mol. The molecule has 0 aliphatic carbocycles. The number of benzene rings is 1. The highest BCUT2D eigenvalue weighted by molar-refractivity contribution is 5.95. The fourth-order valence-corrected chi connectivity index (χ4v) is 3.60. The van der Waals surface area contributed by atoms with Crippen LogP contribution in [0.25, 0.3) is 0 Å². The zero-order valence-electron chi connectivity index (χ0n) is 21.3. The second-order valence-electron chi connectivity index (χ2n) is 9.75. The van der Waals surface area contributed by atoms with Gasteiger partial charge >= 0.3 is 5.97 Å². The van der Waals surface area contributed by atoms with Crippen molar-refractivity contribution in [1.29, 1.82) is 0 Å². The molecule has 0 aromatic heterocycles. The number of nitrogens with two attached hydrogens (primary N) is 2. The van der Waals surface area contributed by atoms with E-state index in [0.717, 1.165) is 5.56 Å². The Morgan fingerprint density at radius 2 is 1.28 bits per heavy atom. The molecule has 0 saturated heterocycles. The van der Waals surface area contributed by atoms with Gasteiger partial charge in [0.1, 0.15) is 18.1 Å². The topological polar surface area (TPSA) is 194 Å². The van der Waals surface area contributed by atoms with E-state index in [1.54, 1.807) is 24.3 Å². The lowest BCUT2D eigenvalue weighted by Gasteiger charge is -2.26. The Morgan fingerprint density at radius 3 is 1.78 bits per heavy atom. The van der Waals surface area contributed by atoms with E-state index in [0.29, 0.717) is 6.42 Å². The molecule has 1 aromatic rings. The number of amides is 4. The Morgan fingerprint density at radius 1 is 0.778 bits per heavy atom. The lowest BCUT2D eigenvalue weighted by Crippen LogP contribution is -2.58. The second kappa shape index (κ2) is 14.8. The summed E-state index contributed by atoms with van der Waals surface area (Å²) in [6, 6.07) is 4.57. The molecule has 36 heavy (non-hydrogen) atoms. The first-order chi connectivity index (χ1) is 16.8. The van der Waals surface area contributed by atoms with Gasteiger partial charge in [-0.25, -0.2) is 4.79 Å². The predicted molar refractivity (Wildman–Crippen MR) is 134 cm³/mol. The van der Waals surface area contributed by atoms with Crippen molar-refractivity contribution in [1.82, 2.24) is 16.0 Å². The lowest BCUT2D eigenvalue weighted by atomic mass is 9.99. The van der Waals surface area contributed by atoms with Crippen molar-refractivity contribution < 1.29 is 29.1 Å². The second-order valence-corrected chi connectivity index (χ2v) is 9.75. The van der Waals surface area contributed by atoms with Gasteiger partial charge in [0.15, 0.2) is 0 Å². The molecule has 0 aliphatic rings. The van der Waals surface area contributed by atoms with Gasteiger partial charge in [-0.05, 0) is 30.2 Å². The Kier molecular flexibility index (Phi) is 12.6. The van der Waals surface area contributed by atoms with Crippen LogP contribution in [-0.2, 0) is 30.4 Å². The number of primary amides is 1. The van der Waals surface area contributed by atoms with Gasteiger partial charge in [-0.1, -0.05) is 58.0 Å². The minimum absolute atomic E-state index is 0.0397. The Bertz CT molecular complexity index is 905. The molecule has 1 rings (SSSR count). The van der Waals surface area contributed by atoms with Crippen molar-refractivity contribution >= 4 is 29.6 Å². The maximum absolute atomic E-state index is 13.3. The number of carbonyl (C=O) groups excluding carboxylic acids is 4. The van der Waals surface area contributed by atoms with E-state index < -0.39 is 60.2 Å². The molecule has 1 aromatic carbocycles. The third-order valence-electron chi connectivity index (χ3n) is 5.34. The van der Waals surface area contributed by atoms with Crippen molar-refractivity contribution in [3.63, 3.8) is 0 Å². The average molecular weight is 506 g/mol. The van der Waals surface area contributed by atoms with Crippen molar-refractivity contribution in [3.05, 3.63) is 35.9 Å². The quantitative estimate of drug-likeness (QED) is 0.194. The van der Waals surface area contributed by atoms with Crippen LogP contribution in [0.2, 0.25) is 0 Å². The van der Waals surface area contributed by atoms with Crippen LogP contribution in [0.4, 0.5) is 0 Å². The van der Waals surface area contributed by atoms with Crippen molar-refractivity contribution in [2.45, 2.75) is 77.5 Å². The summed E-state index contributed by atoms with van der Waals surface area (Å²) in [5, 5.41) is 16.9. The van der Waals surface area contributed by atoms with Crippen LogP contribution in [0.3, 0.4) is 0 Å². The molecule has 4 unspecified atom stereocenters. The minimum Gasteiger partial charge on any atom is -0.480 e. The number of rotatable bonds is 15. The summed E-state index contributed by atoms with van der Waals surface area (Å²) in [6.45, 7) is 7.52. The first-order valence-corrected chi connectivity index (χ1v) is 12.0. The molecule has 11 heteroatoms. The average Bonchev–Trinajstić information content (AvgIpc) is 2.77. The van der Waals surface area contributed by atoms with E-state index in [2.05, 4.69) is 16.0 Å². The van der Waals surface area contributed by atoms with Crippen LogP contribution < -0.4 is 27.4 Å². The van der Waals surface area contributed by atoms with E-state index in [1.165, 1.54) is 0 Å². The third-order valence-corrected chi connectivity index (χ3v) is 5.34. The molecule has 0 radical (unpaired) electrons. The van der Waals surface area contributed by atoms with Gasteiger partial charge in [0.05, 0.1) is 12.5 Å². The van der Waals surface area contributed by atoms with Gasteiger partial charge in [-0.3, -0.25) is 19.2 Å². The van der Waals surface area contributed by atoms with Crippen LogP contribution in [0.5, 0.6) is 0 Å². The van der Waals surface area contributed by atoms with E-state index in [4.69, 9.17) is 11.5 Å². The lowest BCUT2D eigenvalue weighted by molar-refractivity contribution is -0.143. The molecule has 0 bridgehead atoms. The van der Waals surface area contributed by atoms with Crippen LogP contribution in [0, 0.1) is 11.8 Å². The first-order valence-electron chi connectivity index (χ1n) is 12.0. The van der Waals surface area contributed by atoms with Crippen LogP contribution in [-0.4, -0.2) is 58.9 Å². The summed E-state index contributed by atoms with van der Waals surface area (Å²) in [7, 11) is 0. The smallest absolute Gasteiger partial charge is 0.326 e. The summed E-state index contributed by atoms with van der Waals surface area (Å²) < 4.78 is 0.